The average Bonchev–Trinajstić information content (AvgIpc) is 3.04. The highest BCUT2D eigenvalue weighted by Crippen LogP contribution is 2.39. The van der Waals surface area contributed by atoms with Crippen molar-refractivity contribution in [2.75, 3.05) is 11.1 Å². The monoisotopic (exact) mass is 402 g/mol. The highest BCUT2D eigenvalue weighted by molar-refractivity contribution is 8.77. The summed E-state index contributed by atoms with van der Waals surface area (Å²) in [5.41, 5.74) is 0.622. The van der Waals surface area contributed by atoms with E-state index in [1.807, 2.05) is 21.6 Å². The first kappa shape index (κ1) is 20.6. The van der Waals surface area contributed by atoms with Crippen LogP contribution in [0.3, 0.4) is 0 Å². The third-order valence-electron chi connectivity index (χ3n) is 3.75. The van der Waals surface area contributed by atoms with Crippen molar-refractivity contribution in [1.29, 1.82) is 0 Å². The van der Waals surface area contributed by atoms with Gasteiger partial charge in [-0.2, -0.15) is 0 Å². The fraction of sp³-hybridized carbons (Fsp3) is 0.588. The number of amides is 1. The van der Waals surface area contributed by atoms with E-state index >= 15 is 0 Å². The summed E-state index contributed by atoms with van der Waals surface area (Å²) in [6.45, 7) is 3.55. The Labute approximate surface area is 158 Å². The minimum Gasteiger partial charge on any atom is -0.326 e. The van der Waals surface area contributed by atoms with Gasteiger partial charge in [-0.3, -0.25) is 4.79 Å². The zero-order chi connectivity index (χ0) is 18.3. The van der Waals surface area contributed by atoms with Gasteiger partial charge in [0.2, 0.25) is 15.9 Å². The molecular weight excluding hydrogens is 376 g/mol. The van der Waals surface area contributed by atoms with Gasteiger partial charge in [0.1, 0.15) is 0 Å². The Morgan fingerprint density at radius 2 is 1.96 bits per heavy atom. The quantitative estimate of drug-likeness (QED) is 0.482. The summed E-state index contributed by atoms with van der Waals surface area (Å²) in [5, 5.41) is 3.58. The normalized spacial score (nSPS) is 17.8. The van der Waals surface area contributed by atoms with E-state index in [-0.39, 0.29) is 16.8 Å². The van der Waals surface area contributed by atoms with Gasteiger partial charge in [-0.1, -0.05) is 28.0 Å². The number of carbonyl (C=O) groups is 1. The number of unbranched alkanes of at least 4 members (excludes halogenated alkanes) is 1. The molecule has 1 aromatic carbocycles. The van der Waals surface area contributed by atoms with E-state index in [1.54, 1.807) is 26.0 Å². The molecule has 1 aliphatic heterocycles. The standard InChI is InChI=1S/C17H26N2O3S3/c1-13(2)19-25(21,22)16-9-7-14(8-10-16)18-17(20)6-4-3-5-15-11-12-23-24-15/h7-10,13,15,19H,3-6,11-12H2,1-2H3,(H,18,20)/t15-/m1/s1. The van der Waals surface area contributed by atoms with Crippen LogP contribution < -0.4 is 10.0 Å². The molecule has 1 aromatic rings. The molecular formula is C17H26N2O3S3. The van der Waals surface area contributed by atoms with Crippen molar-refractivity contribution in [3.8, 4) is 0 Å². The fourth-order valence-corrected chi connectivity index (χ4v) is 6.82. The zero-order valence-electron chi connectivity index (χ0n) is 14.7. The smallest absolute Gasteiger partial charge is 0.240 e. The summed E-state index contributed by atoms with van der Waals surface area (Å²) in [7, 11) is 0.420. The molecule has 1 aliphatic rings. The van der Waals surface area contributed by atoms with E-state index < -0.39 is 10.0 Å². The average molecular weight is 403 g/mol. The van der Waals surface area contributed by atoms with Crippen molar-refractivity contribution in [1.82, 2.24) is 4.72 Å². The van der Waals surface area contributed by atoms with E-state index in [9.17, 15) is 13.2 Å². The van der Waals surface area contributed by atoms with Gasteiger partial charge in [-0.15, -0.1) is 0 Å². The molecule has 0 bridgehead atoms. The van der Waals surface area contributed by atoms with Gasteiger partial charge in [-0.25, -0.2) is 13.1 Å². The van der Waals surface area contributed by atoms with Crippen LogP contribution in [0.1, 0.15) is 46.0 Å². The molecule has 0 radical (unpaired) electrons. The number of nitrogens with one attached hydrogen (secondary N) is 2. The van der Waals surface area contributed by atoms with Crippen LogP contribution in [0.2, 0.25) is 0 Å². The predicted octanol–water partition coefficient (Wildman–Crippen LogP) is 4.03. The van der Waals surface area contributed by atoms with Gasteiger partial charge in [0, 0.05) is 29.2 Å². The summed E-state index contributed by atoms with van der Waals surface area (Å²) in [5.74, 6) is 1.22. The van der Waals surface area contributed by atoms with Gasteiger partial charge in [0.25, 0.3) is 0 Å². The second-order valence-electron chi connectivity index (χ2n) is 6.42. The van der Waals surface area contributed by atoms with Crippen molar-refractivity contribution in [2.24, 2.45) is 0 Å². The Hall–Kier alpha value is -0.700. The Balaban J connectivity index is 1.75. The molecule has 1 saturated heterocycles. The molecule has 25 heavy (non-hydrogen) atoms. The van der Waals surface area contributed by atoms with Crippen LogP contribution in [0.4, 0.5) is 5.69 Å². The van der Waals surface area contributed by atoms with Gasteiger partial charge < -0.3 is 5.32 Å². The molecule has 2 N–H and O–H groups in total. The Morgan fingerprint density at radius 3 is 2.56 bits per heavy atom. The van der Waals surface area contributed by atoms with Crippen LogP contribution in [0.25, 0.3) is 0 Å². The van der Waals surface area contributed by atoms with Gasteiger partial charge in [-0.05, 0) is 57.4 Å². The maximum absolute atomic E-state index is 12.1. The molecule has 0 aliphatic carbocycles. The number of hydrogen-bond acceptors (Lipinski definition) is 5. The Kier molecular flexibility index (Phi) is 8.12. The third-order valence-corrected chi connectivity index (χ3v) is 8.43. The highest BCUT2D eigenvalue weighted by atomic mass is 33.1. The van der Waals surface area contributed by atoms with E-state index in [0.29, 0.717) is 12.1 Å². The van der Waals surface area contributed by atoms with Crippen LogP contribution in [-0.4, -0.2) is 31.4 Å². The SMILES string of the molecule is CC(C)NS(=O)(=O)c1ccc(NC(=O)CCCC[C@@H]2CCSS2)cc1. The van der Waals surface area contributed by atoms with Crippen LogP contribution in [-0.2, 0) is 14.8 Å². The molecule has 1 heterocycles. The molecule has 5 nitrogen and oxygen atoms in total. The predicted molar refractivity (Wildman–Crippen MR) is 107 cm³/mol. The number of sulfonamides is 1. The molecule has 8 heteroatoms. The molecule has 1 amide bonds. The third kappa shape index (κ3) is 7.21. The van der Waals surface area contributed by atoms with E-state index in [2.05, 4.69) is 10.0 Å². The summed E-state index contributed by atoms with van der Waals surface area (Å²) < 4.78 is 26.7. The van der Waals surface area contributed by atoms with Crippen molar-refractivity contribution in [3.05, 3.63) is 24.3 Å². The lowest BCUT2D eigenvalue weighted by molar-refractivity contribution is -0.116. The summed E-state index contributed by atoms with van der Waals surface area (Å²) in [6, 6.07) is 6.11. The van der Waals surface area contributed by atoms with Crippen molar-refractivity contribution in [3.63, 3.8) is 0 Å². The van der Waals surface area contributed by atoms with E-state index in [4.69, 9.17) is 0 Å². The number of rotatable bonds is 9. The molecule has 0 unspecified atom stereocenters. The maximum atomic E-state index is 12.1. The molecule has 0 aromatic heterocycles. The van der Waals surface area contributed by atoms with E-state index in [0.717, 1.165) is 18.1 Å². The molecule has 1 fully saturated rings. The summed E-state index contributed by atoms with van der Waals surface area (Å²) in [4.78, 5) is 12.2. The zero-order valence-corrected chi connectivity index (χ0v) is 17.1. The van der Waals surface area contributed by atoms with Crippen LogP contribution in [0.15, 0.2) is 29.2 Å². The van der Waals surface area contributed by atoms with Crippen molar-refractivity contribution in [2.45, 2.75) is 62.1 Å². The largest absolute Gasteiger partial charge is 0.326 e. The summed E-state index contributed by atoms with van der Waals surface area (Å²) in [6.07, 6.45) is 4.92. The lowest BCUT2D eigenvalue weighted by Gasteiger charge is -2.11. The van der Waals surface area contributed by atoms with Crippen LogP contribution >= 0.6 is 21.6 Å². The molecule has 2 rings (SSSR count). The second-order valence-corrected chi connectivity index (χ2v) is 10.9. The van der Waals surface area contributed by atoms with Crippen LogP contribution in [0, 0.1) is 0 Å². The number of hydrogen-bond donors (Lipinski definition) is 2. The fourth-order valence-electron chi connectivity index (χ4n) is 2.54. The number of carbonyl (C=O) groups excluding carboxylic acids is 1. The number of anilines is 1. The first-order valence-electron chi connectivity index (χ1n) is 8.57. The minimum absolute atomic E-state index is 0.0237. The van der Waals surface area contributed by atoms with Gasteiger partial charge in [0.15, 0.2) is 0 Å². The lowest BCUT2D eigenvalue weighted by Crippen LogP contribution is -2.30. The number of benzene rings is 1. The molecule has 0 saturated carbocycles. The van der Waals surface area contributed by atoms with Gasteiger partial charge >= 0.3 is 0 Å². The van der Waals surface area contributed by atoms with Gasteiger partial charge in [0.05, 0.1) is 4.90 Å². The van der Waals surface area contributed by atoms with Crippen molar-refractivity contribution < 1.29 is 13.2 Å². The highest BCUT2D eigenvalue weighted by Gasteiger charge is 2.16. The Morgan fingerprint density at radius 1 is 1.24 bits per heavy atom. The summed E-state index contributed by atoms with van der Waals surface area (Å²) >= 11 is 0. The maximum Gasteiger partial charge on any atom is 0.240 e. The molecule has 140 valence electrons. The first-order chi connectivity index (χ1) is 11.9. The van der Waals surface area contributed by atoms with Crippen molar-refractivity contribution >= 4 is 43.2 Å². The first-order valence-corrected chi connectivity index (χ1v) is 12.4. The Bertz CT molecular complexity index is 654. The second kappa shape index (κ2) is 9.85. The van der Waals surface area contributed by atoms with E-state index in [1.165, 1.54) is 30.7 Å². The topological polar surface area (TPSA) is 75.3 Å². The minimum atomic E-state index is -3.50. The lowest BCUT2D eigenvalue weighted by atomic mass is 10.1. The molecule has 0 spiro atoms. The molecule has 1 atom stereocenters. The van der Waals surface area contributed by atoms with Crippen LogP contribution in [0.5, 0.6) is 0 Å².